The molecule has 14 heavy (non-hydrogen) atoms. The highest BCUT2D eigenvalue weighted by molar-refractivity contribution is 8.00. The van der Waals surface area contributed by atoms with E-state index < -0.39 is 0 Å². The minimum Gasteiger partial charge on any atom is -0.381 e. The first-order chi connectivity index (χ1) is 6.72. The topological polar surface area (TPSA) is 64.4 Å². The molecule has 1 aliphatic heterocycles. The van der Waals surface area contributed by atoms with Crippen LogP contribution in [0.15, 0.2) is 0 Å². The van der Waals surface area contributed by atoms with Crippen molar-refractivity contribution >= 4 is 17.7 Å². The first-order valence-electron chi connectivity index (χ1n) is 4.82. The molecule has 1 saturated heterocycles. The molecule has 0 radical (unpaired) electrons. The second kappa shape index (κ2) is 5.58. The maximum absolute atomic E-state index is 11.0. The lowest BCUT2D eigenvalue weighted by molar-refractivity contribution is -0.119. The molecule has 3 N–H and O–H groups in total. The van der Waals surface area contributed by atoms with Gasteiger partial charge in [0, 0.05) is 24.5 Å². The Hall–Kier alpha value is -0.260. The maximum Gasteiger partial charge on any atom is 0.233 e. The highest BCUT2D eigenvalue weighted by Gasteiger charge is 2.31. The fourth-order valence-electron chi connectivity index (χ4n) is 1.53. The Balaban J connectivity index is 2.39. The van der Waals surface area contributed by atoms with E-state index in [4.69, 9.17) is 10.5 Å². The molecule has 1 amide bonds. The lowest BCUT2D eigenvalue weighted by atomic mass is 9.99. The fourth-order valence-corrected chi connectivity index (χ4v) is 2.32. The van der Waals surface area contributed by atoms with Crippen LogP contribution in [0.5, 0.6) is 0 Å². The van der Waals surface area contributed by atoms with Crippen LogP contribution in [-0.4, -0.2) is 43.2 Å². The number of rotatable bonds is 4. The molecule has 82 valence electrons. The van der Waals surface area contributed by atoms with Gasteiger partial charge in [-0.05, 0) is 19.1 Å². The van der Waals surface area contributed by atoms with Crippen molar-refractivity contribution in [3.05, 3.63) is 0 Å². The van der Waals surface area contributed by atoms with Gasteiger partial charge in [0.15, 0.2) is 0 Å². The van der Waals surface area contributed by atoms with E-state index in [1.807, 2.05) is 11.8 Å². The number of thioether (sulfide) groups is 1. The summed E-state index contributed by atoms with van der Waals surface area (Å²) in [5, 5.41) is 2.85. The third kappa shape index (κ3) is 3.15. The lowest BCUT2D eigenvalue weighted by Gasteiger charge is -2.35. The third-order valence-electron chi connectivity index (χ3n) is 2.63. The van der Waals surface area contributed by atoms with Crippen LogP contribution >= 0.6 is 11.8 Å². The molecular formula is C9H18N2O2S. The van der Waals surface area contributed by atoms with Crippen molar-refractivity contribution in [1.29, 1.82) is 0 Å². The summed E-state index contributed by atoms with van der Waals surface area (Å²) in [7, 11) is 0. The lowest BCUT2D eigenvalue weighted by Crippen LogP contribution is -2.45. The van der Waals surface area contributed by atoms with Crippen LogP contribution in [0, 0.1) is 0 Å². The molecule has 0 aliphatic carbocycles. The van der Waals surface area contributed by atoms with E-state index in [1.165, 1.54) is 0 Å². The van der Waals surface area contributed by atoms with Crippen LogP contribution in [0.4, 0.5) is 0 Å². The smallest absolute Gasteiger partial charge is 0.233 e. The van der Waals surface area contributed by atoms with Crippen molar-refractivity contribution in [2.75, 3.05) is 32.6 Å². The molecule has 0 bridgehead atoms. The Bertz CT molecular complexity index is 193. The molecule has 0 spiro atoms. The Morgan fingerprint density at radius 2 is 2.21 bits per heavy atom. The normalized spacial score (nSPS) is 20.4. The zero-order chi connectivity index (χ0) is 10.4. The molecule has 1 heterocycles. The zero-order valence-electron chi connectivity index (χ0n) is 8.54. The first-order valence-corrected chi connectivity index (χ1v) is 6.04. The molecule has 5 heteroatoms. The van der Waals surface area contributed by atoms with Crippen molar-refractivity contribution in [3.63, 3.8) is 0 Å². The number of carbonyl (C=O) groups is 1. The number of amides is 1. The zero-order valence-corrected chi connectivity index (χ0v) is 9.36. The van der Waals surface area contributed by atoms with Gasteiger partial charge in [0.2, 0.25) is 5.91 Å². The van der Waals surface area contributed by atoms with Crippen molar-refractivity contribution in [2.45, 2.75) is 17.6 Å². The Morgan fingerprint density at radius 1 is 1.57 bits per heavy atom. The largest absolute Gasteiger partial charge is 0.381 e. The average molecular weight is 218 g/mol. The second-order valence-corrected chi connectivity index (χ2v) is 4.75. The summed E-state index contributed by atoms with van der Waals surface area (Å²) in [5.41, 5.74) is 5.23. The van der Waals surface area contributed by atoms with E-state index >= 15 is 0 Å². The number of ether oxygens (including phenoxy) is 1. The first kappa shape index (κ1) is 11.8. The van der Waals surface area contributed by atoms with Gasteiger partial charge in [-0.2, -0.15) is 11.8 Å². The summed E-state index contributed by atoms with van der Waals surface area (Å²) in [5.74, 6) is -0.0788. The quantitative estimate of drug-likeness (QED) is 0.696. The van der Waals surface area contributed by atoms with Crippen molar-refractivity contribution < 1.29 is 9.53 Å². The predicted molar refractivity (Wildman–Crippen MR) is 58.4 cm³/mol. The van der Waals surface area contributed by atoms with Crippen LogP contribution in [0.25, 0.3) is 0 Å². The summed E-state index contributed by atoms with van der Waals surface area (Å²) in [6, 6.07) is 0. The van der Waals surface area contributed by atoms with Crippen molar-refractivity contribution in [1.82, 2.24) is 5.32 Å². The van der Waals surface area contributed by atoms with Gasteiger partial charge < -0.3 is 15.8 Å². The summed E-state index contributed by atoms with van der Waals surface area (Å²) in [6.45, 7) is 2.35. The van der Waals surface area contributed by atoms with Crippen LogP contribution in [0.2, 0.25) is 0 Å². The Kier molecular flexibility index (Phi) is 4.71. The highest BCUT2D eigenvalue weighted by Crippen LogP contribution is 2.32. The molecule has 0 unspecified atom stereocenters. The van der Waals surface area contributed by atoms with Gasteiger partial charge in [0.25, 0.3) is 0 Å². The third-order valence-corrected chi connectivity index (χ3v) is 4.05. The number of nitrogens with two attached hydrogens (primary N) is 1. The summed E-state index contributed by atoms with van der Waals surface area (Å²) in [4.78, 5) is 11.0. The van der Waals surface area contributed by atoms with E-state index in [-0.39, 0.29) is 17.2 Å². The van der Waals surface area contributed by atoms with E-state index in [0.717, 1.165) is 26.1 Å². The highest BCUT2D eigenvalue weighted by atomic mass is 32.2. The van der Waals surface area contributed by atoms with Gasteiger partial charge in [0.1, 0.15) is 0 Å². The number of nitrogens with one attached hydrogen (secondary N) is 1. The maximum atomic E-state index is 11.0. The molecule has 0 atom stereocenters. The average Bonchev–Trinajstić information content (AvgIpc) is 2.27. The SMILES string of the molecule is CSC1(CNC(=O)CN)CCOCC1. The predicted octanol–water partition coefficient (Wildman–Crippen LogP) is -0.0265. The van der Waals surface area contributed by atoms with Crippen molar-refractivity contribution in [2.24, 2.45) is 5.73 Å². The van der Waals surface area contributed by atoms with Crippen LogP contribution < -0.4 is 11.1 Å². The Morgan fingerprint density at radius 3 is 2.71 bits per heavy atom. The van der Waals surface area contributed by atoms with Gasteiger partial charge in [-0.15, -0.1) is 0 Å². The molecule has 0 saturated carbocycles. The van der Waals surface area contributed by atoms with Crippen LogP contribution in [0.1, 0.15) is 12.8 Å². The Labute approximate surface area is 88.9 Å². The molecule has 0 aromatic heterocycles. The monoisotopic (exact) mass is 218 g/mol. The summed E-state index contributed by atoms with van der Waals surface area (Å²) < 4.78 is 5.46. The van der Waals surface area contributed by atoms with Crippen molar-refractivity contribution in [3.8, 4) is 0 Å². The molecule has 1 fully saturated rings. The number of hydrogen-bond donors (Lipinski definition) is 2. The van der Waals surface area contributed by atoms with E-state index in [2.05, 4.69) is 11.6 Å². The molecule has 0 aromatic rings. The summed E-state index contributed by atoms with van der Waals surface area (Å²) in [6.07, 6.45) is 4.08. The minimum absolute atomic E-state index is 0.0704. The van der Waals surface area contributed by atoms with E-state index in [1.54, 1.807) is 0 Å². The van der Waals surface area contributed by atoms with Gasteiger partial charge in [-0.3, -0.25) is 4.79 Å². The second-order valence-electron chi connectivity index (χ2n) is 3.48. The van der Waals surface area contributed by atoms with E-state index in [9.17, 15) is 4.79 Å². The molecule has 4 nitrogen and oxygen atoms in total. The number of carbonyl (C=O) groups excluding carboxylic acids is 1. The summed E-state index contributed by atoms with van der Waals surface area (Å²) >= 11 is 1.81. The molecule has 1 rings (SSSR count). The van der Waals surface area contributed by atoms with Gasteiger partial charge >= 0.3 is 0 Å². The fraction of sp³-hybridized carbons (Fsp3) is 0.889. The standard InChI is InChI=1S/C9H18N2O2S/c1-14-9(2-4-13-5-3-9)7-11-8(12)6-10/h2-7,10H2,1H3,(H,11,12). The van der Waals surface area contributed by atoms with Gasteiger partial charge in [-0.1, -0.05) is 0 Å². The van der Waals surface area contributed by atoms with Gasteiger partial charge in [0.05, 0.1) is 6.54 Å². The molecule has 0 aromatic carbocycles. The van der Waals surface area contributed by atoms with Crippen LogP contribution in [0.3, 0.4) is 0 Å². The van der Waals surface area contributed by atoms with Gasteiger partial charge in [-0.25, -0.2) is 0 Å². The molecular weight excluding hydrogens is 200 g/mol. The molecule has 1 aliphatic rings. The number of hydrogen-bond acceptors (Lipinski definition) is 4. The van der Waals surface area contributed by atoms with E-state index in [0.29, 0.717) is 6.54 Å². The minimum atomic E-state index is -0.0788. The van der Waals surface area contributed by atoms with Crippen LogP contribution in [-0.2, 0) is 9.53 Å².